The van der Waals surface area contributed by atoms with Crippen molar-refractivity contribution >= 4 is 5.78 Å². The summed E-state index contributed by atoms with van der Waals surface area (Å²) in [5.41, 5.74) is -0.432. The first-order valence-electron chi connectivity index (χ1n) is 6.35. The number of Topliss-reactive ketones (excluding diaryl/α,β-unsaturated/α-hetero) is 1. The zero-order valence-corrected chi connectivity index (χ0v) is 11.9. The van der Waals surface area contributed by atoms with Gasteiger partial charge in [-0.1, -0.05) is 19.9 Å². The highest BCUT2D eigenvalue weighted by Gasteiger charge is 2.23. The smallest absolute Gasteiger partial charge is 0.271 e. The minimum Gasteiger partial charge on any atom is -0.494 e. The Hall–Kier alpha value is -2.35. The summed E-state index contributed by atoms with van der Waals surface area (Å²) in [5, 5.41) is 19.3. The SMILES string of the molecule is C=CCn1c(O)c(C(=O)CC(C)C)c(C)c(C#N)c1=O. The Labute approximate surface area is 117 Å². The molecule has 1 rings (SSSR count). The van der Waals surface area contributed by atoms with E-state index in [4.69, 9.17) is 5.26 Å². The number of pyridine rings is 1. The highest BCUT2D eigenvalue weighted by Crippen LogP contribution is 2.24. The molecule has 1 aromatic heterocycles. The lowest BCUT2D eigenvalue weighted by Crippen LogP contribution is -2.26. The lowest BCUT2D eigenvalue weighted by molar-refractivity contribution is 0.0963. The molecule has 0 spiro atoms. The molecule has 1 aromatic rings. The van der Waals surface area contributed by atoms with Crippen LogP contribution >= 0.6 is 0 Å². The summed E-state index contributed by atoms with van der Waals surface area (Å²) >= 11 is 0. The summed E-state index contributed by atoms with van der Waals surface area (Å²) in [6.45, 7) is 8.82. The van der Waals surface area contributed by atoms with Crippen molar-refractivity contribution < 1.29 is 9.90 Å². The minimum absolute atomic E-state index is 0.0432. The largest absolute Gasteiger partial charge is 0.494 e. The van der Waals surface area contributed by atoms with Crippen LogP contribution in [0.4, 0.5) is 0 Å². The highest BCUT2D eigenvalue weighted by atomic mass is 16.3. The van der Waals surface area contributed by atoms with E-state index < -0.39 is 11.4 Å². The third-order valence-corrected chi connectivity index (χ3v) is 2.98. The number of aromatic hydroxyl groups is 1. The van der Waals surface area contributed by atoms with Gasteiger partial charge in [0.1, 0.15) is 11.6 Å². The molecule has 0 aromatic carbocycles. The van der Waals surface area contributed by atoms with Crippen LogP contribution < -0.4 is 5.56 Å². The van der Waals surface area contributed by atoms with Gasteiger partial charge < -0.3 is 5.11 Å². The number of nitrogens with zero attached hydrogens (tertiary/aromatic N) is 2. The van der Waals surface area contributed by atoms with Crippen molar-refractivity contribution in [2.75, 3.05) is 0 Å². The number of hydrogen-bond acceptors (Lipinski definition) is 4. The second-order valence-electron chi connectivity index (χ2n) is 5.04. The molecule has 20 heavy (non-hydrogen) atoms. The number of hydrogen-bond donors (Lipinski definition) is 1. The van der Waals surface area contributed by atoms with E-state index >= 15 is 0 Å². The van der Waals surface area contributed by atoms with E-state index in [9.17, 15) is 14.7 Å². The quantitative estimate of drug-likeness (QED) is 0.658. The van der Waals surface area contributed by atoms with Crippen LogP contribution in [0.25, 0.3) is 0 Å². The summed E-state index contributed by atoms with van der Waals surface area (Å²) in [7, 11) is 0. The summed E-state index contributed by atoms with van der Waals surface area (Å²) in [4.78, 5) is 24.3. The Balaban J connectivity index is 3.64. The van der Waals surface area contributed by atoms with Crippen LogP contribution in [0.15, 0.2) is 17.4 Å². The van der Waals surface area contributed by atoms with Crippen molar-refractivity contribution in [3.05, 3.63) is 39.7 Å². The van der Waals surface area contributed by atoms with Crippen molar-refractivity contribution in [1.29, 1.82) is 5.26 Å². The van der Waals surface area contributed by atoms with E-state index in [1.54, 1.807) is 0 Å². The molecule has 106 valence electrons. The molecular formula is C15H18N2O3. The Kier molecular flexibility index (Phi) is 4.87. The van der Waals surface area contributed by atoms with Crippen LogP contribution in [0.1, 0.15) is 41.8 Å². The van der Waals surface area contributed by atoms with Crippen LogP contribution in [0.5, 0.6) is 5.88 Å². The molecule has 0 amide bonds. The van der Waals surface area contributed by atoms with Crippen LogP contribution in [-0.4, -0.2) is 15.5 Å². The number of aromatic nitrogens is 1. The first-order chi connectivity index (χ1) is 9.34. The number of nitriles is 1. The van der Waals surface area contributed by atoms with Crippen LogP contribution in [-0.2, 0) is 6.54 Å². The number of ketones is 1. The van der Waals surface area contributed by atoms with Gasteiger partial charge in [-0.25, -0.2) is 0 Å². The Morgan fingerprint density at radius 1 is 1.55 bits per heavy atom. The number of allylic oxidation sites excluding steroid dienone is 1. The predicted molar refractivity (Wildman–Crippen MR) is 75.8 cm³/mol. The maximum Gasteiger partial charge on any atom is 0.271 e. The predicted octanol–water partition coefficient (Wildman–Crippen LogP) is 2.15. The molecule has 0 fully saturated rings. The van der Waals surface area contributed by atoms with Gasteiger partial charge >= 0.3 is 0 Å². The molecule has 0 radical (unpaired) electrons. The van der Waals surface area contributed by atoms with E-state index in [0.29, 0.717) is 0 Å². The molecule has 0 unspecified atom stereocenters. The molecule has 0 saturated heterocycles. The molecule has 0 bridgehead atoms. The standard InChI is InChI=1S/C15H18N2O3/c1-5-6-17-14(19)11(8-16)10(4)13(15(17)20)12(18)7-9(2)3/h5,9,20H,1,6-7H2,2-4H3. The number of carbonyl (C=O) groups excluding carboxylic acids is 1. The molecule has 1 N–H and O–H groups in total. The molecule has 5 heteroatoms. The summed E-state index contributed by atoms with van der Waals surface area (Å²) in [6.07, 6.45) is 1.67. The van der Waals surface area contributed by atoms with Crippen LogP contribution in [0.2, 0.25) is 0 Å². The number of carbonyl (C=O) groups is 1. The third kappa shape index (κ3) is 2.80. The van der Waals surface area contributed by atoms with Crippen molar-refractivity contribution in [2.24, 2.45) is 5.92 Å². The van der Waals surface area contributed by atoms with Crippen molar-refractivity contribution in [2.45, 2.75) is 33.7 Å². The van der Waals surface area contributed by atoms with Crippen molar-refractivity contribution in [3.8, 4) is 11.9 Å². The van der Waals surface area contributed by atoms with Crippen molar-refractivity contribution in [3.63, 3.8) is 0 Å². The van der Waals surface area contributed by atoms with Gasteiger partial charge in [-0.2, -0.15) is 5.26 Å². The van der Waals surface area contributed by atoms with E-state index in [1.165, 1.54) is 13.0 Å². The van der Waals surface area contributed by atoms with Gasteiger partial charge in [0.05, 0.1) is 5.56 Å². The fourth-order valence-electron chi connectivity index (χ4n) is 2.06. The lowest BCUT2D eigenvalue weighted by atomic mass is 9.96. The zero-order chi connectivity index (χ0) is 15.4. The molecule has 0 aliphatic heterocycles. The van der Waals surface area contributed by atoms with E-state index in [2.05, 4.69) is 6.58 Å². The van der Waals surface area contributed by atoms with Gasteiger partial charge in [-0.05, 0) is 18.4 Å². The van der Waals surface area contributed by atoms with Gasteiger partial charge in [-0.15, -0.1) is 6.58 Å². The van der Waals surface area contributed by atoms with E-state index in [0.717, 1.165) is 4.57 Å². The zero-order valence-electron chi connectivity index (χ0n) is 11.9. The molecule has 0 aliphatic rings. The maximum atomic E-state index is 12.2. The van der Waals surface area contributed by atoms with Gasteiger partial charge in [0, 0.05) is 13.0 Å². The average molecular weight is 274 g/mol. The second-order valence-corrected chi connectivity index (χ2v) is 5.04. The monoisotopic (exact) mass is 274 g/mol. The molecule has 5 nitrogen and oxygen atoms in total. The summed E-state index contributed by atoms with van der Waals surface area (Å²) < 4.78 is 0.992. The van der Waals surface area contributed by atoms with Gasteiger partial charge in [0.25, 0.3) is 5.56 Å². The Bertz CT molecular complexity index is 649. The van der Waals surface area contributed by atoms with Crippen LogP contribution in [0, 0.1) is 24.2 Å². The van der Waals surface area contributed by atoms with Gasteiger partial charge in [0.15, 0.2) is 5.78 Å². The third-order valence-electron chi connectivity index (χ3n) is 2.98. The first-order valence-corrected chi connectivity index (χ1v) is 6.35. The molecule has 0 atom stereocenters. The molecule has 0 aliphatic carbocycles. The topological polar surface area (TPSA) is 83.1 Å². The number of rotatable bonds is 5. The highest BCUT2D eigenvalue weighted by molar-refractivity contribution is 6.00. The summed E-state index contributed by atoms with van der Waals surface area (Å²) in [6, 6.07) is 1.81. The Morgan fingerprint density at radius 2 is 2.15 bits per heavy atom. The van der Waals surface area contributed by atoms with Gasteiger partial charge in [-0.3, -0.25) is 14.2 Å². The van der Waals surface area contributed by atoms with Gasteiger partial charge in [0.2, 0.25) is 5.88 Å². The van der Waals surface area contributed by atoms with Crippen LogP contribution in [0.3, 0.4) is 0 Å². The second kappa shape index (κ2) is 6.20. The maximum absolute atomic E-state index is 12.2. The van der Waals surface area contributed by atoms with E-state index in [1.807, 2.05) is 19.9 Å². The normalized spacial score (nSPS) is 10.3. The molecule has 1 heterocycles. The molecule has 0 saturated carbocycles. The fourth-order valence-corrected chi connectivity index (χ4v) is 2.06. The summed E-state index contributed by atoms with van der Waals surface area (Å²) in [5.74, 6) is -0.548. The Morgan fingerprint density at radius 3 is 2.60 bits per heavy atom. The van der Waals surface area contributed by atoms with E-state index in [-0.39, 0.29) is 41.4 Å². The van der Waals surface area contributed by atoms with Crippen molar-refractivity contribution in [1.82, 2.24) is 4.57 Å². The first kappa shape index (κ1) is 15.7. The average Bonchev–Trinajstić information content (AvgIpc) is 2.34. The lowest BCUT2D eigenvalue weighted by Gasteiger charge is -2.15. The minimum atomic E-state index is -0.608. The molecular weight excluding hydrogens is 256 g/mol. The fraction of sp³-hybridized carbons (Fsp3) is 0.400.